The van der Waals surface area contributed by atoms with E-state index in [0.29, 0.717) is 6.10 Å². The molecule has 1 rings (SSSR count). The fraction of sp³-hybridized carbons (Fsp3) is 0.889. The van der Waals surface area contributed by atoms with Gasteiger partial charge >= 0.3 is 5.97 Å². The Hall–Kier alpha value is -0.320. The van der Waals surface area contributed by atoms with Gasteiger partial charge in [-0.2, -0.15) is 0 Å². The van der Waals surface area contributed by atoms with Crippen molar-refractivity contribution in [1.29, 1.82) is 0 Å². The fourth-order valence-corrected chi connectivity index (χ4v) is 1.45. The van der Waals surface area contributed by atoms with Crippen LogP contribution >= 0.6 is 12.4 Å². The van der Waals surface area contributed by atoms with Crippen molar-refractivity contribution in [3.8, 4) is 0 Å². The molecule has 5 heteroatoms. The Labute approximate surface area is 90.4 Å². The average molecular weight is 224 g/mol. The highest BCUT2D eigenvalue weighted by Gasteiger charge is 2.12. The highest BCUT2D eigenvalue weighted by molar-refractivity contribution is 5.85. The minimum absolute atomic E-state index is 0. The highest BCUT2D eigenvalue weighted by Crippen LogP contribution is 2.08. The minimum Gasteiger partial charge on any atom is -0.481 e. The van der Waals surface area contributed by atoms with Crippen LogP contribution in [0.1, 0.15) is 25.7 Å². The molecule has 0 radical (unpaired) electrons. The maximum absolute atomic E-state index is 10.2. The number of ether oxygens (including phenoxy) is 1. The molecule has 4 nitrogen and oxygen atoms in total. The summed E-state index contributed by atoms with van der Waals surface area (Å²) < 4.78 is 5.48. The number of hydrogen-bond acceptors (Lipinski definition) is 3. The molecule has 1 fully saturated rings. The Bertz CT molecular complexity index is 160. The van der Waals surface area contributed by atoms with E-state index in [0.717, 1.165) is 39.0 Å². The first-order valence-corrected chi connectivity index (χ1v) is 4.83. The molecule has 0 spiro atoms. The van der Waals surface area contributed by atoms with Crippen molar-refractivity contribution < 1.29 is 14.6 Å². The molecule has 2 N–H and O–H groups in total. The predicted octanol–water partition coefficient (Wildman–Crippen LogP) is 1.04. The van der Waals surface area contributed by atoms with Crippen LogP contribution in [0.2, 0.25) is 0 Å². The van der Waals surface area contributed by atoms with Gasteiger partial charge in [-0.1, -0.05) is 6.42 Å². The van der Waals surface area contributed by atoms with Crippen molar-refractivity contribution >= 4 is 18.4 Å². The average Bonchev–Trinajstić information content (AvgIpc) is 2.14. The molecular formula is C9H18ClNO3. The Morgan fingerprint density at radius 1 is 1.50 bits per heavy atom. The van der Waals surface area contributed by atoms with E-state index in [9.17, 15) is 4.79 Å². The summed E-state index contributed by atoms with van der Waals surface area (Å²) in [5.41, 5.74) is 0. The lowest BCUT2D eigenvalue weighted by Crippen LogP contribution is -2.38. The number of carboxylic acids is 1. The van der Waals surface area contributed by atoms with E-state index >= 15 is 0 Å². The minimum atomic E-state index is -0.706. The summed E-state index contributed by atoms with van der Waals surface area (Å²) in [7, 11) is 0. The second-order valence-corrected chi connectivity index (χ2v) is 3.34. The number of hydrogen-bond donors (Lipinski definition) is 2. The van der Waals surface area contributed by atoms with Crippen LogP contribution in [-0.4, -0.2) is 36.9 Å². The van der Waals surface area contributed by atoms with Crippen LogP contribution in [0.15, 0.2) is 0 Å². The Morgan fingerprint density at radius 2 is 2.29 bits per heavy atom. The molecule has 14 heavy (non-hydrogen) atoms. The zero-order chi connectivity index (χ0) is 9.52. The van der Waals surface area contributed by atoms with E-state index in [4.69, 9.17) is 9.84 Å². The normalized spacial score (nSPS) is 21.3. The molecular weight excluding hydrogens is 206 g/mol. The summed E-state index contributed by atoms with van der Waals surface area (Å²) in [6.07, 6.45) is 3.25. The molecule has 0 aliphatic carbocycles. The standard InChI is InChI=1S/C9H17NO3.ClH/c11-9(12)4-2-1-3-8-7-10-5-6-13-8;/h8,10H,1-7H2,(H,11,12);1H/t8-;/m1./s1. The summed E-state index contributed by atoms with van der Waals surface area (Å²) >= 11 is 0. The number of rotatable bonds is 5. The van der Waals surface area contributed by atoms with Gasteiger partial charge in [-0.05, 0) is 12.8 Å². The van der Waals surface area contributed by atoms with E-state index in [2.05, 4.69) is 5.32 Å². The molecule has 0 aromatic heterocycles. The lowest BCUT2D eigenvalue weighted by atomic mass is 10.1. The molecule has 1 aliphatic rings. The number of carbonyl (C=O) groups is 1. The van der Waals surface area contributed by atoms with Crippen LogP contribution in [0.4, 0.5) is 0 Å². The molecule has 1 heterocycles. The lowest BCUT2D eigenvalue weighted by molar-refractivity contribution is -0.137. The first kappa shape index (κ1) is 13.7. The summed E-state index contributed by atoms with van der Waals surface area (Å²) in [5.74, 6) is -0.706. The van der Waals surface area contributed by atoms with Gasteiger partial charge in [0.2, 0.25) is 0 Å². The van der Waals surface area contributed by atoms with Gasteiger partial charge in [-0.25, -0.2) is 0 Å². The van der Waals surface area contributed by atoms with Gasteiger partial charge in [0.1, 0.15) is 0 Å². The quantitative estimate of drug-likeness (QED) is 0.684. The van der Waals surface area contributed by atoms with Crippen LogP contribution in [-0.2, 0) is 9.53 Å². The maximum atomic E-state index is 10.2. The maximum Gasteiger partial charge on any atom is 0.303 e. The molecule has 1 saturated heterocycles. The lowest BCUT2D eigenvalue weighted by Gasteiger charge is -2.23. The van der Waals surface area contributed by atoms with Gasteiger partial charge in [0.15, 0.2) is 0 Å². The monoisotopic (exact) mass is 223 g/mol. The Balaban J connectivity index is 0.00000169. The molecule has 1 aliphatic heterocycles. The van der Waals surface area contributed by atoms with Crippen LogP contribution in [0, 0.1) is 0 Å². The number of morpholine rings is 1. The second kappa shape index (κ2) is 8.03. The van der Waals surface area contributed by atoms with Crippen molar-refractivity contribution in [3.63, 3.8) is 0 Å². The molecule has 0 aromatic carbocycles. The van der Waals surface area contributed by atoms with Crippen molar-refractivity contribution in [2.75, 3.05) is 19.7 Å². The van der Waals surface area contributed by atoms with Crippen LogP contribution in [0.3, 0.4) is 0 Å². The number of aliphatic carboxylic acids is 1. The van der Waals surface area contributed by atoms with Crippen molar-refractivity contribution in [2.24, 2.45) is 0 Å². The molecule has 0 bridgehead atoms. The van der Waals surface area contributed by atoms with E-state index in [1.54, 1.807) is 0 Å². The van der Waals surface area contributed by atoms with E-state index in [-0.39, 0.29) is 18.8 Å². The predicted molar refractivity (Wildman–Crippen MR) is 56.0 cm³/mol. The van der Waals surface area contributed by atoms with Crippen molar-refractivity contribution in [1.82, 2.24) is 5.32 Å². The van der Waals surface area contributed by atoms with Crippen LogP contribution < -0.4 is 5.32 Å². The van der Waals surface area contributed by atoms with E-state index in [1.807, 2.05) is 0 Å². The third kappa shape index (κ3) is 6.18. The summed E-state index contributed by atoms with van der Waals surface area (Å²) in [6.45, 7) is 2.63. The van der Waals surface area contributed by atoms with Crippen molar-refractivity contribution in [3.05, 3.63) is 0 Å². The second-order valence-electron chi connectivity index (χ2n) is 3.34. The number of nitrogens with one attached hydrogen (secondary N) is 1. The first-order valence-electron chi connectivity index (χ1n) is 4.83. The van der Waals surface area contributed by atoms with Crippen LogP contribution in [0.25, 0.3) is 0 Å². The molecule has 0 aromatic rings. The SMILES string of the molecule is Cl.O=C(O)CCCC[C@@H]1CNCCO1. The van der Waals surface area contributed by atoms with Gasteiger partial charge in [-0.3, -0.25) is 4.79 Å². The molecule has 1 atom stereocenters. The summed E-state index contributed by atoms with van der Waals surface area (Å²) in [5, 5.41) is 11.7. The number of unbranched alkanes of at least 4 members (excludes halogenated alkanes) is 1. The number of carboxylic acid groups (broad SMARTS) is 1. The molecule has 0 unspecified atom stereocenters. The molecule has 0 amide bonds. The third-order valence-electron chi connectivity index (χ3n) is 2.17. The summed E-state index contributed by atoms with van der Waals surface area (Å²) in [6, 6.07) is 0. The topological polar surface area (TPSA) is 58.6 Å². The van der Waals surface area contributed by atoms with E-state index in [1.165, 1.54) is 0 Å². The van der Waals surface area contributed by atoms with Gasteiger partial charge < -0.3 is 15.2 Å². The third-order valence-corrected chi connectivity index (χ3v) is 2.17. The van der Waals surface area contributed by atoms with Crippen molar-refractivity contribution in [2.45, 2.75) is 31.8 Å². The van der Waals surface area contributed by atoms with Gasteiger partial charge in [0, 0.05) is 19.5 Å². The smallest absolute Gasteiger partial charge is 0.303 e. The first-order chi connectivity index (χ1) is 6.29. The van der Waals surface area contributed by atoms with Gasteiger partial charge in [0.25, 0.3) is 0 Å². The highest BCUT2D eigenvalue weighted by atomic mass is 35.5. The van der Waals surface area contributed by atoms with Crippen LogP contribution in [0.5, 0.6) is 0 Å². The molecule has 84 valence electrons. The Morgan fingerprint density at radius 3 is 2.86 bits per heavy atom. The largest absolute Gasteiger partial charge is 0.481 e. The van der Waals surface area contributed by atoms with E-state index < -0.39 is 5.97 Å². The number of halogens is 1. The molecule has 0 saturated carbocycles. The fourth-order valence-electron chi connectivity index (χ4n) is 1.45. The zero-order valence-corrected chi connectivity index (χ0v) is 9.02. The van der Waals surface area contributed by atoms with Gasteiger partial charge in [-0.15, -0.1) is 12.4 Å². The summed E-state index contributed by atoms with van der Waals surface area (Å²) in [4.78, 5) is 10.2. The zero-order valence-electron chi connectivity index (χ0n) is 8.20. The Kier molecular flexibility index (Phi) is 7.84. The van der Waals surface area contributed by atoms with Gasteiger partial charge in [0.05, 0.1) is 12.7 Å².